The van der Waals surface area contributed by atoms with Crippen LogP contribution in [0.3, 0.4) is 0 Å². The molecule has 4 nitrogen and oxygen atoms in total. The van der Waals surface area contributed by atoms with E-state index in [1.54, 1.807) is 36.6 Å². The molecule has 1 unspecified atom stereocenters. The van der Waals surface area contributed by atoms with Crippen LogP contribution in [0.15, 0.2) is 46.8 Å². The number of nitrogens with zero attached hydrogens (tertiary/aromatic N) is 1. The molecule has 8 heteroatoms. The first-order chi connectivity index (χ1) is 11.6. The smallest absolute Gasteiger partial charge is 0.387 e. The Labute approximate surface area is 167 Å². The second kappa shape index (κ2) is 11.2. The number of aliphatic imine (C=N–C) groups is 1. The molecule has 25 heavy (non-hydrogen) atoms. The third-order valence-electron chi connectivity index (χ3n) is 3.46. The number of rotatable bonds is 7. The zero-order valence-electron chi connectivity index (χ0n) is 14.0. The van der Waals surface area contributed by atoms with Crippen LogP contribution in [0.25, 0.3) is 0 Å². The van der Waals surface area contributed by atoms with E-state index < -0.39 is 6.61 Å². The lowest BCUT2D eigenvalue weighted by Gasteiger charge is -2.16. The summed E-state index contributed by atoms with van der Waals surface area (Å²) in [4.78, 5) is 5.46. The number of nitrogens with one attached hydrogen (secondary N) is 2. The molecule has 0 amide bonds. The van der Waals surface area contributed by atoms with E-state index in [9.17, 15) is 8.78 Å². The van der Waals surface area contributed by atoms with E-state index in [4.69, 9.17) is 0 Å². The van der Waals surface area contributed by atoms with E-state index in [0.717, 1.165) is 6.54 Å². The maximum Gasteiger partial charge on any atom is 0.387 e. The number of hydrogen-bond acceptors (Lipinski definition) is 3. The molecule has 2 aromatic rings. The molecule has 1 aromatic heterocycles. The highest BCUT2D eigenvalue weighted by Crippen LogP contribution is 2.20. The molecule has 138 valence electrons. The Kier molecular flexibility index (Phi) is 9.73. The van der Waals surface area contributed by atoms with Gasteiger partial charge in [-0.05, 0) is 17.5 Å². The Hall–Kier alpha value is -1.42. The minimum atomic E-state index is -2.84. The topological polar surface area (TPSA) is 45.7 Å². The fourth-order valence-electron chi connectivity index (χ4n) is 2.18. The highest BCUT2D eigenvalue weighted by molar-refractivity contribution is 14.0. The number of ether oxygens (including phenoxy) is 1. The molecule has 0 bridgehead atoms. The molecule has 2 rings (SSSR count). The fourth-order valence-corrected chi connectivity index (χ4v) is 2.97. The van der Waals surface area contributed by atoms with Crippen molar-refractivity contribution in [3.63, 3.8) is 0 Å². The Morgan fingerprint density at radius 1 is 1.20 bits per heavy atom. The first-order valence-corrected chi connectivity index (χ1v) is 8.48. The second-order valence-corrected chi connectivity index (χ2v) is 6.19. The first-order valence-electron chi connectivity index (χ1n) is 7.60. The molecule has 0 saturated heterocycles. The van der Waals surface area contributed by atoms with Gasteiger partial charge in [-0.15, -0.1) is 35.3 Å². The van der Waals surface area contributed by atoms with Crippen molar-refractivity contribution in [2.75, 3.05) is 13.6 Å². The van der Waals surface area contributed by atoms with E-state index in [2.05, 4.69) is 38.7 Å². The summed E-state index contributed by atoms with van der Waals surface area (Å²) in [5, 5.41) is 8.42. The molecule has 1 heterocycles. The van der Waals surface area contributed by atoms with Gasteiger partial charge in [0.2, 0.25) is 0 Å². The number of alkyl halides is 2. The number of guanidine groups is 1. The van der Waals surface area contributed by atoms with Gasteiger partial charge in [0, 0.05) is 36.5 Å². The first kappa shape index (κ1) is 21.6. The molecule has 0 aliphatic rings. The molecule has 0 saturated carbocycles. The van der Waals surface area contributed by atoms with Crippen LogP contribution in [0, 0.1) is 0 Å². The number of halogens is 3. The van der Waals surface area contributed by atoms with Crippen molar-refractivity contribution in [3.8, 4) is 5.75 Å². The lowest BCUT2D eigenvalue weighted by Crippen LogP contribution is -2.38. The Bertz CT molecular complexity index is 653. The van der Waals surface area contributed by atoms with E-state index in [1.165, 1.54) is 10.9 Å². The van der Waals surface area contributed by atoms with E-state index >= 15 is 0 Å². The third kappa shape index (κ3) is 7.15. The lowest BCUT2D eigenvalue weighted by molar-refractivity contribution is -0.0504. The molecule has 0 fully saturated rings. The summed E-state index contributed by atoms with van der Waals surface area (Å²) in [6.45, 7) is 0.374. The van der Waals surface area contributed by atoms with Crippen molar-refractivity contribution in [2.45, 2.75) is 26.0 Å². The van der Waals surface area contributed by atoms with Crippen molar-refractivity contribution >= 4 is 41.3 Å². The molecule has 0 spiro atoms. The van der Waals surface area contributed by atoms with Crippen molar-refractivity contribution in [1.82, 2.24) is 10.6 Å². The summed E-state index contributed by atoms with van der Waals surface area (Å²) in [5.74, 6) is 1.14. The van der Waals surface area contributed by atoms with Gasteiger partial charge in [0.05, 0.1) is 0 Å². The van der Waals surface area contributed by atoms with Crippen LogP contribution in [0.5, 0.6) is 5.75 Å². The zero-order chi connectivity index (χ0) is 17.4. The predicted molar refractivity (Wildman–Crippen MR) is 109 cm³/mol. The Morgan fingerprint density at radius 2 is 1.96 bits per heavy atom. The number of thiophene rings is 1. The largest absolute Gasteiger partial charge is 0.434 e. The number of benzene rings is 1. The predicted octanol–water partition coefficient (Wildman–Crippen LogP) is 4.44. The van der Waals surface area contributed by atoms with Gasteiger partial charge < -0.3 is 15.4 Å². The van der Waals surface area contributed by atoms with Crippen LogP contribution >= 0.6 is 35.3 Å². The van der Waals surface area contributed by atoms with Crippen LogP contribution in [0.2, 0.25) is 0 Å². The van der Waals surface area contributed by atoms with E-state index in [1.807, 2.05) is 6.07 Å². The number of hydrogen-bond donors (Lipinski definition) is 2. The average Bonchev–Trinajstić information content (AvgIpc) is 3.10. The van der Waals surface area contributed by atoms with Gasteiger partial charge in [0.15, 0.2) is 5.96 Å². The lowest BCUT2D eigenvalue weighted by atomic mass is 10.1. The van der Waals surface area contributed by atoms with Gasteiger partial charge in [-0.25, -0.2) is 0 Å². The SMILES string of the molecule is CN=C(NCc1ccccc1OC(F)F)NCC(C)c1cccs1.I. The minimum Gasteiger partial charge on any atom is -0.434 e. The van der Waals surface area contributed by atoms with Crippen LogP contribution in [0.4, 0.5) is 8.78 Å². The van der Waals surface area contributed by atoms with E-state index in [-0.39, 0.29) is 29.7 Å². The Balaban J connectivity index is 0.00000312. The molecule has 2 N–H and O–H groups in total. The molecule has 0 aliphatic heterocycles. The van der Waals surface area contributed by atoms with Crippen LogP contribution in [-0.2, 0) is 6.54 Å². The molecule has 0 aliphatic carbocycles. The van der Waals surface area contributed by atoms with Gasteiger partial charge >= 0.3 is 6.61 Å². The average molecular weight is 481 g/mol. The summed E-state index contributed by atoms with van der Waals surface area (Å²) in [6, 6.07) is 10.8. The molecular weight excluding hydrogens is 459 g/mol. The summed E-state index contributed by atoms with van der Waals surface area (Å²) < 4.78 is 29.4. The van der Waals surface area contributed by atoms with Gasteiger partial charge in [0.25, 0.3) is 0 Å². The quantitative estimate of drug-likeness (QED) is 0.350. The van der Waals surface area contributed by atoms with Crippen LogP contribution < -0.4 is 15.4 Å². The monoisotopic (exact) mass is 481 g/mol. The Morgan fingerprint density at radius 3 is 2.60 bits per heavy atom. The highest BCUT2D eigenvalue weighted by Gasteiger charge is 2.10. The van der Waals surface area contributed by atoms with Crippen LogP contribution in [-0.4, -0.2) is 26.2 Å². The number of para-hydroxylation sites is 1. The van der Waals surface area contributed by atoms with Crippen molar-refractivity contribution in [2.24, 2.45) is 4.99 Å². The standard InChI is InChI=1S/C17H21F2N3OS.HI/c1-12(15-8-5-9-24-15)10-21-17(20-2)22-11-13-6-3-4-7-14(13)23-16(18)19;/h3-9,12,16H,10-11H2,1-2H3,(H2,20,21,22);1H. The van der Waals surface area contributed by atoms with Crippen molar-refractivity contribution < 1.29 is 13.5 Å². The normalized spacial score (nSPS) is 12.4. The van der Waals surface area contributed by atoms with Crippen LogP contribution in [0.1, 0.15) is 23.3 Å². The maximum absolute atomic E-state index is 12.4. The highest BCUT2D eigenvalue weighted by atomic mass is 127. The molecular formula is C17H22F2IN3OS. The fraction of sp³-hybridized carbons (Fsp3) is 0.353. The summed E-state index contributed by atoms with van der Waals surface area (Å²) in [5.41, 5.74) is 0.645. The van der Waals surface area contributed by atoms with E-state index in [0.29, 0.717) is 24.0 Å². The summed E-state index contributed by atoms with van der Waals surface area (Å²) >= 11 is 1.72. The van der Waals surface area contributed by atoms with Gasteiger partial charge in [-0.3, -0.25) is 4.99 Å². The third-order valence-corrected chi connectivity index (χ3v) is 4.57. The zero-order valence-corrected chi connectivity index (χ0v) is 17.2. The van der Waals surface area contributed by atoms with Crippen molar-refractivity contribution in [1.29, 1.82) is 0 Å². The molecule has 0 radical (unpaired) electrons. The molecule has 1 atom stereocenters. The van der Waals surface area contributed by atoms with Gasteiger partial charge in [-0.2, -0.15) is 8.78 Å². The summed E-state index contributed by atoms with van der Waals surface area (Å²) in [7, 11) is 1.67. The second-order valence-electron chi connectivity index (χ2n) is 5.21. The molecule has 1 aromatic carbocycles. The van der Waals surface area contributed by atoms with Crippen molar-refractivity contribution in [3.05, 3.63) is 52.2 Å². The minimum absolute atomic E-state index is 0. The summed E-state index contributed by atoms with van der Waals surface area (Å²) in [6.07, 6.45) is 0. The van der Waals surface area contributed by atoms with Gasteiger partial charge in [0.1, 0.15) is 5.75 Å². The maximum atomic E-state index is 12.4. The van der Waals surface area contributed by atoms with Gasteiger partial charge in [-0.1, -0.05) is 31.2 Å².